The van der Waals surface area contributed by atoms with Gasteiger partial charge in [-0.05, 0) is 31.5 Å². The number of nitrogens with one attached hydrogen (secondary N) is 1. The molecular weight excluding hydrogens is 283 g/mol. The van der Waals surface area contributed by atoms with Crippen LogP contribution in [-0.2, 0) is 6.42 Å². The van der Waals surface area contributed by atoms with Gasteiger partial charge in [-0.15, -0.1) is 11.3 Å². The summed E-state index contributed by atoms with van der Waals surface area (Å²) in [5, 5.41) is 5.85. The van der Waals surface area contributed by atoms with E-state index in [0.29, 0.717) is 17.0 Å². The quantitative estimate of drug-likeness (QED) is 0.864. The second kappa shape index (κ2) is 6.98. The van der Waals surface area contributed by atoms with Crippen LogP contribution in [0.25, 0.3) is 0 Å². The van der Waals surface area contributed by atoms with Gasteiger partial charge < -0.3 is 5.32 Å². The summed E-state index contributed by atoms with van der Waals surface area (Å²) in [6, 6.07) is 4.79. The maximum atomic E-state index is 13.8. The van der Waals surface area contributed by atoms with E-state index < -0.39 is 0 Å². The molecule has 0 radical (unpaired) electrons. The van der Waals surface area contributed by atoms with Gasteiger partial charge in [0.25, 0.3) is 0 Å². The lowest BCUT2D eigenvalue weighted by Crippen LogP contribution is -2.24. The maximum absolute atomic E-state index is 13.8. The first-order valence-corrected chi connectivity index (χ1v) is 7.58. The van der Waals surface area contributed by atoms with Crippen molar-refractivity contribution in [2.24, 2.45) is 0 Å². The standard InChI is InChI=1S/C14H16ClFN2S/c1-2-6-17-13(14-8-19-9-18-14)7-10-11(15)4-3-5-12(10)16/h3-5,8-9,13,17H,2,6-7H2,1H3. The first-order valence-electron chi connectivity index (χ1n) is 6.26. The van der Waals surface area contributed by atoms with E-state index in [1.54, 1.807) is 29.0 Å². The highest BCUT2D eigenvalue weighted by atomic mass is 35.5. The summed E-state index contributed by atoms with van der Waals surface area (Å²) in [6.45, 7) is 2.97. The van der Waals surface area contributed by atoms with Gasteiger partial charge in [0.05, 0.1) is 17.2 Å². The van der Waals surface area contributed by atoms with Crippen LogP contribution in [0.4, 0.5) is 4.39 Å². The summed E-state index contributed by atoms with van der Waals surface area (Å²) < 4.78 is 13.8. The van der Waals surface area contributed by atoms with Crippen LogP contribution < -0.4 is 5.32 Å². The molecule has 19 heavy (non-hydrogen) atoms. The number of hydrogen-bond acceptors (Lipinski definition) is 3. The van der Waals surface area contributed by atoms with Crippen LogP contribution in [0.15, 0.2) is 29.1 Å². The van der Waals surface area contributed by atoms with Crippen LogP contribution in [0.3, 0.4) is 0 Å². The third-order valence-corrected chi connectivity index (χ3v) is 3.88. The largest absolute Gasteiger partial charge is 0.308 e. The maximum Gasteiger partial charge on any atom is 0.127 e. The van der Waals surface area contributed by atoms with E-state index in [1.807, 2.05) is 5.38 Å². The fourth-order valence-electron chi connectivity index (χ4n) is 1.93. The van der Waals surface area contributed by atoms with Crippen LogP contribution >= 0.6 is 22.9 Å². The molecule has 0 bridgehead atoms. The minimum atomic E-state index is -0.258. The summed E-state index contributed by atoms with van der Waals surface area (Å²) in [5.41, 5.74) is 3.28. The number of thiazole rings is 1. The Morgan fingerprint density at radius 3 is 2.95 bits per heavy atom. The fourth-order valence-corrected chi connectivity index (χ4v) is 2.77. The highest BCUT2D eigenvalue weighted by molar-refractivity contribution is 7.07. The van der Waals surface area contributed by atoms with Gasteiger partial charge in [0.2, 0.25) is 0 Å². The minimum Gasteiger partial charge on any atom is -0.308 e. The van der Waals surface area contributed by atoms with Crippen molar-refractivity contribution in [3.63, 3.8) is 0 Å². The number of hydrogen-bond donors (Lipinski definition) is 1. The predicted molar refractivity (Wildman–Crippen MR) is 78.3 cm³/mol. The molecule has 2 rings (SSSR count). The van der Waals surface area contributed by atoms with E-state index in [4.69, 9.17) is 11.6 Å². The van der Waals surface area contributed by atoms with Gasteiger partial charge >= 0.3 is 0 Å². The Hall–Kier alpha value is -0.970. The molecule has 0 aliphatic heterocycles. The Morgan fingerprint density at radius 2 is 2.32 bits per heavy atom. The van der Waals surface area contributed by atoms with Gasteiger partial charge in [0, 0.05) is 16.0 Å². The predicted octanol–water partition coefficient (Wildman–Crippen LogP) is 4.22. The Morgan fingerprint density at radius 1 is 1.47 bits per heavy atom. The van der Waals surface area contributed by atoms with Gasteiger partial charge in [-0.1, -0.05) is 24.6 Å². The van der Waals surface area contributed by atoms with Crippen molar-refractivity contribution in [1.82, 2.24) is 10.3 Å². The highest BCUT2D eigenvalue weighted by Crippen LogP contribution is 2.25. The van der Waals surface area contributed by atoms with Crippen molar-refractivity contribution >= 4 is 22.9 Å². The molecule has 0 spiro atoms. The molecule has 5 heteroatoms. The van der Waals surface area contributed by atoms with Gasteiger partial charge in [-0.3, -0.25) is 0 Å². The van der Waals surface area contributed by atoms with Crippen molar-refractivity contribution in [3.05, 3.63) is 51.2 Å². The lowest BCUT2D eigenvalue weighted by Gasteiger charge is -2.17. The SMILES string of the molecule is CCCNC(Cc1c(F)cccc1Cl)c1cscn1. The molecule has 102 valence electrons. The number of benzene rings is 1. The monoisotopic (exact) mass is 298 g/mol. The fraction of sp³-hybridized carbons (Fsp3) is 0.357. The lowest BCUT2D eigenvalue weighted by molar-refractivity contribution is 0.505. The molecule has 0 fully saturated rings. The molecule has 2 aromatic rings. The van der Waals surface area contributed by atoms with Gasteiger partial charge in [-0.25, -0.2) is 9.37 Å². The van der Waals surface area contributed by atoms with E-state index in [9.17, 15) is 4.39 Å². The van der Waals surface area contributed by atoms with Crippen molar-refractivity contribution in [2.75, 3.05) is 6.54 Å². The molecule has 0 saturated carbocycles. The molecule has 1 aromatic heterocycles. The van der Waals surface area contributed by atoms with Crippen molar-refractivity contribution < 1.29 is 4.39 Å². The van der Waals surface area contributed by atoms with E-state index in [1.165, 1.54) is 6.07 Å². The third kappa shape index (κ3) is 3.75. The molecule has 0 aliphatic carbocycles. The lowest BCUT2D eigenvalue weighted by atomic mass is 10.0. The van der Waals surface area contributed by atoms with Gasteiger partial charge in [-0.2, -0.15) is 0 Å². The van der Waals surface area contributed by atoms with Gasteiger partial charge in [0.15, 0.2) is 0 Å². The Bertz CT molecular complexity index is 496. The van der Waals surface area contributed by atoms with Crippen molar-refractivity contribution in [2.45, 2.75) is 25.8 Å². The van der Waals surface area contributed by atoms with E-state index in [-0.39, 0.29) is 11.9 Å². The summed E-state index contributed by atoms with van der Waals surface area (Å²) in [7, 11) is 0. The molecule has 1 N–H and O–H groups in total. The first kappa shape index (κ1) is 14.4. The minimum absolute atomic E-state index is 0.000556. The van der Waals surface area contributed by atoms with Crippen LogP contribution in [0, 0.1) is 5.82 Å². The summed E-state index contributed by atoms with van der Waals surface area (Å²) in [5.74, 6) is -0.258. The topological polar surface area (TPSA) is 24.9 Å². The van der Waals surface area contributed by atoms with Crippen molar-refractivity contribution in [1.29, 1.82) is 0 Å². The zero-order chi connectivity index (χ0) is 13.7. The molecule has 2 nitrogen and oxygen atoms in total. The summed E-state index contributed by atoms with van der Waals surface area (Å²) in [4.78, 5) is 4.32. The number of rotatable bonds is 6. The molecule has 0 amide bonds. The van der Waals surface area contributed by atoms with E-state index >= 15 is 0 Å². The zero-order valence-corrected chi connectivity index (χ0v) is 12.3. The smallest absolute Gasteiger partial charge is 0.127 e. The van der Waals surface area contributed by atoms with Gasteiger partial charge in [0.1, 0.15) is 5.82 Å². The molecule has 1 atom stereocenters. The van der Waals surface area contributed by atoms with E-state index in [2.05, 4.69) is 17.2 Å². The number of halogens is 2. The van der Waals surface area contributed by atoms with Crippen LogP contribution in [-0.4, -0.2) is 11.5 Å². The van der Waals surface area contributed by atoms with Crippen LogP contribution in [0.1, 0.15) is 30.6 Å². The Balaban J connectivity index is 2.20. The van der Waals surface area contributed by atoms with Crippen LogP contribution in [0.2, 0.25) is 5.02 Å². The Labute approximate surface area is 121 Å². The van der Waals surface area contributed by atoms with Crippen molar-refractivity contribution in [3.8, 4) is 0 Å². The summed E-state index contributed by atoms with van der Waals surface area (Å²) in [6.07, 6.45) is 1.53. The average molecular weight is 299 g/mol. The second-order valence-corrected chi connectivity index (χ2v) is 5.45. The molecule has 1 unspecified atom stereocenters. The second-order valence-electron chi connectivity index (χ2n) is 4.32. The zero-order valence-electron chi connectivity index (χ0n) is 10.7. The number of nitrogens with zero attached hydrogens (tertiary/aromatic N) is 1. The Kier molecular flexibility index (Phi) is 5.31. The first-order chi connectivity index (χ1) is 9.22. The summed E-state index contributed by atoms with van der Waals surface area (Å²) >= 11 is 7.63. The van der Waals surface area contributed by atoms with Crippen LogP contribution in [0.5, 0.6) is 0 Å². The molecule has 1 aromatic carbocycles. The van der Waals surface area contributed by atoms with E-state index in [0.717, 1.165) is 18.7 Å². The molecule has 1 heterocycles. The molecule has 0 saturated heterocycles. The third-order valence-electron chi connectivity index (χ3n) is 2.92. The average Bonchev–Trinajstić information content (AvgIpc) is 2.91. The molecule has 0 aliphatic rings. The number of aromatic nitrogens is 1. The normalized spacial score (nSPS) is 12.6. The molecular formula is C14H16ClFN2S. The highest BCUT2D eigenvalue weighted by Gasteiger charge is 2.17.